The number of nitrogens with one attached hydrogen (secondary N) is 2. The van der Waals surface area contributed by atoms with E-state index in [-0.39, 0.29) is 17.6 Å². The van der Waals surface area contributed by atoms with E-state index >= 15 is 0 Å². The van der Waals surface area contributed by atoms with Gasteiger partial charge in [-0.15, -0.1) is 0 Å². The highest BCUT2D eigenvalue weighted by Crippen LogP contribution is 2.20. The number of aromatic nitrogens is 1. The lowest BCUT2D eigenvalue weighted by Crippen LogP contribution is -3.16. The number of ketones is 2. The zero-order valence-electron chi connectivity index (χ0n) is 16.0. The molecule has 2 atom stereocenters. The highest BCUT2D eigenvalue weighted by atomic mass is 16.1. The zero-order valence-corrected chi connectivity index (χ0v) is 16.0. The first kappa shape index (κ1) is 18.3. The number of rotatable bonds is 5. The van der Waals surface area contributed by atoms with E-state index < -0.39 is 0 Å². The highest BCUT2D eigenvalue weighted by Gasteiger charge is 2.31. The Morgan fingerprint density at radius 3 is 2.38 bits per heavy atom. The summed E-state index contributed by atoms with van der Waals surface area (Å²) in [4.78, 5) is 29.3. The number of Topliss-reactive ketones (excluding diaryl/α,β-unsaturated/α-hetero) is 2. The molecule has 2 N–H and O–H groups in total. The predicted octanol–water partition coefficient (Wildman–Crippen LogP) is 2.78. The first-order valence-electron chi connectivity index (χ1n) is 9.23. The predicted molar refractivity (Wildman–Crippen MR) is 104 cm³/mol. The van der Waals surface area contributed by atoms with Crippen LogP contribution in [0.4, 0.5) is 0 Å². The molecular weight excluding hydrogens is 324 g/mol. The third-order valence-corrected chi connectivity index (χ3v) is 5.51. The minimum Gasteiger partial charge on any atom is -0.355 e. The topological polar surface area (TPSA) is 54.4 Å². The Morgan fingerprint density at radius 1 is 1.15 bits per heavy atom. The van der Waals surface area contributed by atoms with Crippen LogP contribution in [0.3, 0.4) is 0 Å². The molecule has 4 heteroatoms. The van der Waals surface area contributed by atoms with Crippen LogP contribution in [-0.4, -0.2) is 35.7 Å². The first-order valence-corrected chi connectivity index (χ1v) is 9.23. The normalized spacial score (nSPS) is 18.3. The van der Waals surface area contributed by atoms with Gasteiger partial charge in [0, 0.05) is 17.7 Å². The molecular formula is C22H27N2O2+. The molecule has 2 heterocycles. The Bertz CT molecular complexity index is 862. The van der Waals surface area contributed by atoms with Gasteiger partial charge in [-0.05, 0) is 50.5 Å². The van der Waals surface area contributed by atoms with Crippen LogP contribution in [0.15, 0.2) is 36.4 Å². The molecule has 3 rings (SSSR count). The summed E-state index contributed by atoms with van der Waals surface area (Å²) in [7, 11) is 0. The van der Waals surface area contributed by atoms with Crippen LogP contribution in [-0.2, 0) is 0 Å². The molecule has 136 valence electrons. The number of hydrogen-bond acceptors (Lipinski definition) is 2. The lowest BCUT2D eigenvalue weighted by Gasteiger charge is -2.28. The average molecular weight is 351 g/mol. The third kappa shape index (κ3) is 3.42. The van der Waals surface area contributed by atoms with Crippen molar-refractivity contribution in [1.29, 1.82) is 0 Å². The summed E-state index contributed by atoms with van der Waals surface area (Å²) >= 11 is 0. The van der Waals surface area contributed by atoms with E-state index in [0.29, 0.717) is 11.3 Å². The summed E-state index contributed by atoms with van der Waals surface area (Å²) in [5.41, 5.74) is 5.44. The Balaban J connectivity index is 1.76. The second-order valence-corrected chi connectivity index (χ2v) is 7.22. The number of carbonyl (C=O) groups is 2. The van der Waals surface area contributed by atoms with Crippen LogP contribution >= 0.6 is 0 Å². The average Bonchev–Trinajstić information content (AvgIpc) is 2.95. The van der Waals surface area contributed by atoms with Crippen LogP contribution in [0.5, 0.6) is 0 Å². The number of carbonyl (C=O) groups excluding carboxylic acids is 2. The standard InChI is InChI=1S/C22H26N2O2/c1-14-20(17(4)25)15(2)23-21(14)22(26)16(3)24-12-10-19(11-13-24)18-8-6-5-7-9-18/h5-10,16,23H,11-13H2,1-4H3/p+1/t16-/m0/s1. The van der Waals surface area contributed by atoms with Gasteiger partial charge in [0.25, 0.3) is 0 Å². The number of quaternary nitrogens is 1. The highest BCUT2D eigenvalue weighted by molar-refractivity contribution is 6.04. The molecule has 0 bridgehead atoms. The van der Waals surface area contributed by atoms with Gasteiger partial charge in [0.05, 0.1) is 18.8 Å². The summed E-state index contributed by atoms with van der Waals surface area (Å²) < 4.78 is 0. The van der Waals surface area contributed by atoms with Gasteiger partial charge in [0.2, 0.25) is 5.78 Å². The van der Waals surface area contributed by atoms with Crippen LogP contribution in [0.1, 0.15) is 57.9 Å². The Kier molecular flexibility index (Phi) is 5.23. The third-order valence-electron chi connectivity index (χ3n) is 5.51. The molecule has 4 nitrogen and oxygen atoms in total. The molecule has 1 aliphatic heterocycles. The van der Waals surface area contributed by atoms with Crippen LogP contribution in [0, 0.1) is 13.8 Å². The fraction of sp³-hybridized carbons (Fsp3) is 0.364. The lowest BCUT2D eigenvalue weighted by molar-refractivity contribution is -0.908. The Hall–Kier alpha value is -2.46. The molecule has 0 saturated heterocycles. The van der Waals surface area contributed by atoms with E-state index in [4.69, 9.17) is 0 Å². The van der Waals surface area contributed by atoms with Crippen molar-refractivity contribution in [2.75, 3.05) is 13.1 Å². The number of H-pyrrole nitrogens is 1. The fourth-order valence-electron chi connectivity index (χ4n) is 3.99. The van der Waals surface area contributed by atoms with Crippen molar-refractivity contribution in [1.82, 2.24) is 4.98 Å². The van der Waals surface area contributed by atoms with Gasteiger partial charge in [-0.3, -0.25) is 9.59 Å². The van der Waals surface area contributed by atoms with Crippen molar-refractivity contribution < 1.29 is 14.5 Å². The van der Waals surface area contributed by atoms with Gasteiger partial charge in [-0.2, -0.15) is 0 Å². The van der Waals surface area contributed by atoms with Crippen LogP contribution in [0.2, 0.25) is 0 Å². The quantitative estimate of drug-likeness (QED) is 0.814. The lowest BCUT2D eigenvalue weighted by atomic mass is 9.97. The largest absolute Gasteiger partial charge is 0.355 e. The van der Waals surface area contributed by atoms with E-state index in [2.05, 4.69) is 35.3 Å². The van der Waals surface area contributed by atoms with E-state index in [9.17, 15) is 9.59 Å². The number of aromatic amines is 1. The molecule has 0 saturated carbocycles. The summed E-state index contributed by atoms with van der Waals surface area (Å²) in [5.74, 6) is 0.0911. The molecule has 2 aromatic rings. The van der Waals surface area contributed by atoms with Crippen molar-refractivity contribution in [2.24, 2.45) is 0 Å². The van der Waals surface area contributed by atoms with E-state index in [1.807, 2.05) is 26.8 Å². The van der Waals surface area contributed by atoms with Crippen molar-refractivity contribution in [2.45, 2.75) is 40.2 Å². The van der Waals surface area contributed by atoms with Gasteiger partial charge in [0.15, 0.2) is 11.8 Å². The maximum atomic E-state index is 13.0. The van der Waals surface area contributed by atoms with Gasteiger partial charge >= 0.3 is 0 Å². The molecule has 26 heavy (non-hydrogen) atoms. The maximum Gasteiger partial charge on any atom is 0.235 e. The maximum absolute atomic E-state index is 13.0. The van der Waals surface area contributed by atoms with Crippen LogP contribution < -0.4 is 4.90 Å². The number of hydrogen-bond donors (Lipinski definition) is 2. The van der Waals surface area contributed by atoms with Crippen molar-refractivity contribution in [3.63, 3.8) is 0 Å². The second-order valence-electron chi connectivity index (χ2n) is 7.22. The minimum atomic E-state index is -0.139. The molecule has 1 unspecified atom stereocenters. The van der Waals surface area contributed by atoms with Gasteiger partial charge in [0.1, 0.15) is 0 Å². The minimum absolute atomic E-state index is 0.00343. The first-order chi connectivity index (χ1) is 12.4. The Labute approximate surface area is 154 Å². The summed E-state index contributed by atoms with van der Waals surface area (Å²) in [6.07, 6.45) is 3.23. The van der Waals surface area contributed by atoms with Crippen LogP contribution in [0.25, 0.3) is 5.57 Å². The fourth-order valence-corrected chi connectivity index (χ4v) is 3.99. The molecule has 0 aliphatic carbocycles. The molecule has 0 spiro atoms. The molecule has 1 aliphatic rings. The molecule has 0 amide bonds. The zero-order chi connectivity index (χ0) is 18.8. The van der Waals surface area contributed by atoms with E-state index in [1.165, 1.54) is 16.0 Å². The van der Waals surface area contributed by atoms with Gasteiger partial charge in [-0.25, -0.2) is 0 Å². The Morgan fingerprint density at radius 2 is 1.85 bits per heavy atom. The molecule has 0 radical (unpaired) electrons. The summed E-state index contributed by atoms with van der Waals surface area (Å²) in [6.45, 7) is 9.03. The monoisotopic (exact) mass is 351 g/mol. The van der Waals surface area contributed by atoms with Crippen molar-refractivity contribution >= 4 is 17.1 Å². The summed E-state index contributed by atoms with van der Waals surface area (Å²) in [5, 5.41) is 0. The smallest absolute Gasteiger partial charge is 0.235 e. The van der Waals surface area contributed by atoms with Gasteiger partial charge in [-0.1, -0.05) is 30.3 Å². The van der Waals surface area contributed by atoms with Crippen molar-refractivity contribution in [3.8, 4) is 0 Å². The molecule has 0 fully saturated rings. The number of benzene rings is 1. The van der Waals surface area contributed by atoms with E-state index in [1.54, 1.807) is 6.92 Å². The SMILES string of the molecule is CC(=O)c1c(C)[nH]c(C(=O)[C@H](C)[NH+]2CC=C(c3ccccc3)CC2)c1C. The van der Waals surface area contributed by atoms with Crippen molar-refractivity contribution in [3.05, 3.63) is 64.5 Å². The molecule has 1 aromatic heterocycles. The molecule has 1 aromatic carbocycles. The second kappa shape index (κ2) is 7.42. The summed E-state index contributed by atoms with van der Waals surface area (Å²) in [6, 6.07) is 10.3. The van der Waals surface area contributed by atoms with E-state index in [0.717, 1.165) is 30.8 Å². The number of aryl methyl sites for hydroxylation is 1. The van der Waals surface area contributed by atoms with Gasteiger partial charge < -0.3 is 9.88 Å².